The van der Waals surface area contributed by atoms with Crippen molar-refractivity contribution in [1.29, 1.82) is 0 Å². The van der Waals surface area contributed by atoms with Crippen LogP contribution in [0.25, 0.3) is 5.57 Å². The predicted molar refractivity (Wildman–Crippen MR) is 70.6 cm³/mol. The van der Waals surface area contributed by atoms with E-state index in [1.807, 2.05) is 30.5 Å². The van der Waals surface area contributed by atoms with E-state index in [-0.39, 0.29) is 5.91 Å². The van der Waals surface area contributed by atoms with Crippen LogP contribution in [0.4, 0.5) is 5.69 Å². The van der Waals surface area contributed by atoms with Crippen LogP contribution in [0.2, 0.25) is 0 Å². The summed E-state index contributed by atoms with van der Waals surface area (Å²) >= 11 is 0. The first-order valence-electron chi connectivity index (χ1n) is 6.17. The van der Waals surface area contributed by atoms with Crippen molar-refractivity contribution in [3.05, 3.63) is 36.0 Å². The zero-order chi connectivity index (χ0) is 12.1. The zero-order valence-electron chi connectivity index (χ0n) is 10.1. The topological polar surface area (TPSA) is 41.1 Å². The minimum atomic E-state index is -0.0193. The first-order valence-corrected chi connectivity index (χ1v) is 6.17. The van der Waals surface area contributed by atoms with Gasteiger partial charge in [0.25, 0.3) is 5.91 Å². The number of fused-ring (bicyclic) bond motifs is 1. The van der Waals surface area contributed by atoms with Gasteiger partial charge in [-0.3, -0.25) is 4.79 Å². The van der Waals surface area contributed by atoms with Crippen molar-refractivity contribution in [2.75, 3.05) is 11.9 Å². The summed E-state index contributed by atoms with van der Waals surface area (Å²) in [7, 11) is 0. The Hall–Kier alpha value is -1.77. The standard InChI is InChI=1S/C14H18N2O/c1-2-3-6-9-15-10-12-11-7-4-5-8-13(11)16-14(12)17/h4-5,7-8,10,15H,2-3,6,9H2,1H3,(H,16,17)/b12-10+. The average Bonchev–Trinajstić information content (AvgIpc) is 2.65. The second kappa shape index (κ2) is 5.53. The number of amides is 1. The van der Waals surface area contributed by atoms with Gasteiger partial charge in [-0.05, 0) is 12.5 Å². The molecule has 2 rings (SSSR count). The molecule has 3 heteroatoms. The molecular weight excluding hydrogens is 212 g/mol. The lowest BCUT2D eigenvalue weighted by molar-refractivity contribution is -0.110. The number of unbranched alkanes of at least 4 members (excludes halogenated alkanes) is 2. The van der Waals surface area contributed by atoms with E-state index in [1.165, 1.54) is 12.8 Å². The molecule has 1 aliphatic heterocycles. The average molecular weight is 230 g/mol. The van der Waals surface area contributed by atoms with Crippen LogP contribution in [0.15, 0.2) is 30.5 Å². The van der Waals surface area contributed by atoms with Crippen LogP contribution in [-0.2, 0) is 4.79 Å². The van der Waals surface area contributed by atoms with Crippen molar-refractivity contribution in [1.82, 2.24) is 5.32 Å². The fourth-order valence-corrected chi connectivity index (χ4v) is 1.93. The molecular formula is C14H18N2O. The third-order valence-electron chi connectivity index (χ3n) is 2.88. The van der Waals surface area contributed by atoms with Crippen molar-refractivity contribution in [2.24, 2.45) is 0 Å². The molecule has 17 heavy (non-hydrogen) atoms. The summed E-state index contributed by atoms with van der Waals surface area (Å²) in [5.74, 6) is -0.0193. The van der Waals surface area contributed by atoms with Crippen molar-refractivity contribution < 1.29 is 4.79 Å². The zero-order valence-corrected chi connectivity index (χ0v) is 10.1. The fourth-order valence-electron chi connectivity index (χ4n) is 1.93. The fraction of sp³-hybridized carbons (Fsp3) is 0.357. The molecule has 1 heterocycles. The Labute approximate surface area is 102 Å². The van der Waals surface area contributed by atoms with Gasteiger partial charge in [-0.15, -0.1) is 0 Å². The first kappa shape index (κ1) is 11.7. The van der Waals surface area contributed by atoms with Gasteiger partial charge in [0.15, 0.2) is 0 Å². The quantitative estimate of drug-likeness (QED) is 0.603. The number of hydrogen-bond acceptors (Lipinski definition) is 2. The summed E-state index contributed by atoms with van der Waals surface area (Å²) in [5.41, 5.74) is 2.62. The number of carbonyl (C=O) groups excluding carboxylic acids is 1. The van der Waals surface area contributed by atoms with Crippen LogP contribution in [0.5, 0.6) is 0 Å². The largest absolute Gasteiger partial charge is 0.390 e. The molecule has 0 radical (unpaired) electrons. The smallest absolute Gasteiger partial charge is 0.257 e. The molecule has 0 fully saturated rings. The molecule has 0 saturated carbocycles. The third kappa shape index (κ3) is 2.67. The Morgan fingerprint density at radius 1 is 1.29 bits per heavy atom. The van der Waals surface area contributed by atoms with Crippen LogP contribution >= 0.6 is 0 Å². The highest BCUT2D eigenvalue weighted by molar-refractivity contribution is 6.31. The highest BCUT2D eigenvalue weighted by atomic mass is 16.2. The number of hydrogen-bond donors (Lipinski definition) is 2. The van der Waals surface area contributed by atoms with E-state index in [4.69, 9.17) is 0 Å². The molecule has 3 nitrogen and oxygen atoms in total. The van der Waals surface area contributed by atoms with E-state index < -0.39 is 0 Å². The van der Waals surface area contributed by atoms with Crippen molar-refractivity contribution in [3.8, 4) is 0 Å². The van der Waals surface area contributed by atoms with Crippen LogP contribution in [-0.4, -0.2) is 12.5 Å². The molecule has 0 atom stereocenters. The molecule has 1 aliphatic rings. The molecule has 0 saturated heterocycles. The van der Waals surface area contributed by atoms with Gasteiger partial charge in [0, 0.05) is 24.0 Å². The molecule has 0 aromatic heterocycles. The van der Waals surface area contributed by atoms with E-state index in [0.717, 1.165) is 29.8 Å². The highest BCUT2D eigenvalue weighted by Gasteiger charge is 2.22. The molecule has 0 unspecified atom stereocenters. The van der Waals surface area contributed by atoms with Gasteiger partial charge in [0.1, 0.15) is 0 Å². The lowest BCUT2D eigenvalue weighted by Gasteiger charge is -2.01. The van der Waals surface area contributed by atoms with Gasteiger partial charge in [-0.25, -0.2) is 0 Å². The van der Waals surface area contributed by atoms with E-state index in [2.05, 4.69) is 17.6 Å². The number of anilines is 1. The van der Waals surface area contributed by atoms with E-state index in [1.54, 1.807) is 0 Å². The Balaban J connectivity index is 2.01. The van der Waals surface area contributed by atoms with Crippen LogP contribution in [0, 0.1) is 0 Å². The van der Waals surface area contributed by atoms with Gasteiger partial charge in [0.05, 0.1) is 5.57 Å². The van der Waals surface area contributed by atoms with E-state index in [0.29, 0.717) is 0 Å². The molecule has 1 aromatic carbocycles. The summed E-state index contributed by atoms with van der Waals surface area (Å²) in [5, 5.41) is 6.06. The van der Waals surface area contributed by atoms with E-state index in [9.17, 15) is 4.79 Å². The number of nitrogens with one attached hydrogen (secondary N) is 2. The molecule has 90 valence electrons. The predicted octanol–water partition coefficient (Wildman–Crippen LogP) is 2.76. The Bertz CT molecular complexity index is 438. The van der Waals surface area contributed by atoms with Gasteiger partial charge >= 0.3 is 0 Å². The number of rotatable bonds is 5. The maximum absolute atomic E-state index is 11.7. The summed E-state index contributed by atoms with van der Waals surface area (Å²) in [6.45, 7) is 3.10. The maximum Gasteiger partial charge on any atom is 0.257 e. The summed E-state index contributed by atoms with van der Waals surface area (Å²) in [4.78, 5) is 11.7. The monoisotopic (exact) mass is 230 g/mol. The van der Waals surface area contributed by atoms with Crippen molar-refractivity contribution in [3.63, 3.8) is 0 Å². The number of para-hydroxylation sites is 1. The maximum atomic E-state index is 11.7. The van der Waals surface area contributed by atoms with Crippen LogP contribution in [0.1, 0.15) is 31.7 Å². The van der Waals surface area contributed by atoms with E-state index >= 15 is 0 Å². The number of carbonyl (C=O) groups is 1. The van der Waals surface area contributed by atoms with Crippen molar-refractivity contribution in [2.45, 2.75) is 26.2 Å². The van der Waals surface area contributed by atoms with Crippen LogP contribution in [0.3, 0.4) is 0 Å². The van der Waals surface area contributed by atoms with Gasteiger partial charge in [-0.2, -0.15) is 0 Å². The summed E-state index contributed by atoms with van der Waals surface area (Å²) in [6, 6.07) is 7.76. The summed E-state index contributed by atoms with van der Waals surface area (Å²) in [6.07, 6.45) is 5.40. The minimum absolute atomic E-state index is 0.0193. The van der Waals surface area contributed by atoms with Crippen LogP contribution < -0.4 is 10.6 Å². The van der Waals surface area contributed by atoms with Gasteiger partial charge in [0.2, 0.25) is 0 Å². The second-order valence-corrected chi connectivity index (χ2v) is 4.22. The molecule has 2 N–H and O–H groups in total. The van der Waals surface area contributed by atoms with Crippen molar-refractivity contribution >= 4 is 17.2 Å². The minimum Gasteiger partial charge on any atom is -0.390 e. The molecule has 0 aliphatic carbocycles. The molecule has 0 spiro atoms. The summed E-state index contributed by atoms with van der Waals surface area (Å²) < 4.78 is 0. The molecule has 0 bridgehead atoms. The van der Waals surface area contributed by atoms with Gasteiger partial charge < -0.3 is 10.6 Å². The first-order chi connectivity index (χ1) is 8.33. The lowest BCUT2D eigenvalue weighted by atomic mass is 10.1. The molecule has 1 aromatic rings. The Morgan fingerprint density at radius 2 is 2.12 bits per heavy atom. The highest BCUT2D eigenvalue weighted by Crippen LogP contribution is 2.30. The van der Waals surface area contributed by atoms with Gasteiger partial charge in [-0.1, -0.05) is 38.0 Å². The SMILES string of the molecule is CCCCCN/C=C1/C(=O)Nc2ccccc21. The normalized spacial score (nSPS) is 15.8. The Morgan fingerprint density at radius 3 is 2.94 bits per heavy atom. The third-order valence-corrected chi connectivity index (χ3v) is 2.88. The lowest BCUT2D eigenvalue weighted by Crippen LogP contribution is -2.11. The number of benzene rings is 1. The molecule has 1 amide bonds. The second-order valence-electron chi connectivity index (χ2n) is 4.22. The Kier molecular flexibility index (Phi) is 3.81.